The summed E-state index contributed by atoms with van der Waals surface area (Å²) in [5.74, 6) is 0.921. The first-order chi connectivity index (χ1) is 14.5. The van der Waals surface area contributed by atoms with Crippen LogP contribution in [0.15, 0.2) is 60.9 Å². The van der Waals surface area contributed by atoms with Crippen molar-refractivity contribution in [2.45, 2.75) is 13.0 Å². The summed E-state index contributed by atoms with van der Waals surface area (Å²) in [5, 5.41) is 0.451. The van der Waals surface area contributed by atoms with E-state index >= 15 is 0 Å². The number of hydrogen-bond donors (Lipinski definition) is 0. The number of hydrogen-bond acceptors (Lipinski definition) is 5. The number of amides is 1. The molecule has 6 nitrogen and oxygen atoms in total. The monoisotopic (exact) mass is 426 g/mol. The van der Waals surface area contributed by atoms with Gasteiger partial charge in [-0.15, -0.1) is 0 Å². The number of aromatic nitrogens is 2. The first-order valence-electron chi connectivity index (χ1n) is 9.57. The van der Waals surface area contributed by atoms with Gasteiger partial charge >= 0.3 is 0 Å². The average Bonchev–Trinajstić information content (AvgIpc) is 2.74. The molecule has 0 saturated carbocycles. The normalized spacial score (nSPS) is 16.4. The van der Waals surface area contributed by atoms with Crippen molar-refractivity contribution in [3.8, 4) is 11.6 Å². The van der Waals surface area contributed by atoms with Crippen LogP contribution in [0.3, 0.4) is 0 Å². The fourth-order valence-electron chi connectivity index (χ4n) is 3.47. The molecular formula is C22H20ClFN4O2. The molecule has 30 heavy (non-hydrogen) atoms. The summed E-state index contributed by atoms with van der Waals surface area (Å²) in [6.45, 7) is 3.74. The largest absolute Gasteiger partial charge is 0.439 e. The van der Waals surface area contributed by atoms with Crippen molar-refractivity contribution >= 4 is 23.3 Å². The Balaban J connectivity index is 1.45. The van der Waals surface area contributed by atoms with Gasteiger partial charge in [-0.25, -0.2) is 14.4 Å². The van der Waals surface area contributed by atoms with Crippen molar-refractivity contribution in [2.24, 2.45) is 0 Å². The number of ether oxygens (including phenoxy) is 1. The SMILES string of the molecule is C[C@@H]1CN(c2cc(Oc3cccc(F)c3)ncn2)CCN1C(=O)c1ccccc1Cl. The van der Waals surface area contributed by atoms with E-state index in [0.717, 1.165) is 0 Å². The predicted molar refractivity (Wildman–Crippen MR) is 113 cm³/mol. The number of halogens is 2. The molecule has 0 spiro atoms. The van der Waals surface area contributed by atoms with E-state index in [2.05, 4.69) is 14.9 Å². The second-order valence-corrected chi connectivity index (χ2v) is 7.45. The molecule has 0 bridgehead atoms. The summed E-state index contributed by atoms with van der Waals surface area (Å²) < 4.78 is 19.0. The molecule has 2 aromatic carbocycles. The predicted octanol–water partition coefficient (Wildman–Crippen LogP) is 4.41. The molecule has 0 N–H and O–H groups in total. The maximum atomic E-state index is 13.4. The van der Waals surface area contributed by atoms with E-state index in [1.807, 2.05) is 11.8 Å². The lowest BCUT2D eigenvalue weighted by Gasteiger charge is -2.40. The Hall–Kier alpha value is -3.19. The number of nitrogens with zero attached hydrogens (tertiary/aromatic N) is 4. The topological polar surface area (TPSA) is 58.6 Å². The lowest BCUT2D eigenvalue weighted by Crippen LogP contribution is -2.54. The summed E-state index contributed by atoms with van der Waals surface area (Å²) in [4.78, 5) is 25.2. The number of benzene rings is 2. The van der Waals surface area contributed by atoms with E-state index in [9.17, 15) is 9.18 Å². The molecule has 0 aliphatic carbocycles. The maximum absolute atomic E-state index is 13.4. The average molecular weight is 427 g/mol. The maximum Gasteiger partial charge on any atom is 0.255 e. The van der Waals surface area contributed by atoms with E-state index < -0.39 is 0 Å². The van der Waals surface area contributed by atoms with E-state index in [0.29, 0.717) is 47.7 Å². The lowest BCUT2D eigenvalue weighted by atomic mass is 10.1. The summed E-state index contributed by atoms with van der Waals surface area (Å²) in [6.07, 6.45) is 1.41. The molecule has 0 radical (unpaired) electrons. The van der Waals surface area contributed by atoms with E-state index in [-0.39, 0.29) is 17.8 Å². The Labute approximate surface area is 178 Å². The zero-order valence-corrected chi connectivity index (χ0v) is 17.1. The van der Waals surface area contributed by atoms with Gasteiger partial charge in [0.2, 0.25) is 5.88 Å². The molecule has 0 unspecified atom stereocenters. The van der Waals surface area contributed by atoms with E-state index in [1.165, 1.54) is 18.5 Å². The molecule has 8 heteroatoms. The van der Waals surface area contributed by atoms with E-state index in [1.54, 1.807) is 42.5 Å². The van der Waals surface area contributed by atoms with Crippen molar-refractivity contribution in [3.63, 3.8) is 0 Å². The number of carbonyl (C=O) groups excluding carboxylic acids is 1. The quantitative estimate of drug-likeness (QED) is 0.618. The minimum Gasteiger partial charge on any atom is -0.439 e. The van der Waals surface area contributed by atoms with Gasteiger partial charge < -0.3 is 14.5 Å². The van der Waals surface area contributed by atoms with Crippen LogP contribution in [-0.4, -0.2) is 46.5 Å². The number of rotatable bonds is 4. The smallest absolute Gasteiger partial charge is 0.255 e. The Morgan fingerprint density at radius 1 is 1.13 bits per heavy atom. The third kappa shape index (κ3) is 4.36. The second-order valence-electron chi connectivity index (χ2n) is 7.05. The van der Waals surface area contributed by atoms with Crippen LogP contribution >= 0.6 is 11.6 Å². The fourth-order valence-corrected chi connectivity index (χ4v) is 3.68. The third-order valence-corrected chi connectivity index (χ3v) is 5.29. The van der Waals surface area contributed by atoms with Gasteiger partial charge in [-0.1, -0.05) is 29.8 Å². The zero-order chi connectivity index (χ0) is 21.1. The molecule has 1 fully saturated rings. The van der Waals surface area contributed by atoms with Crippen molar-refractivity contribution < 1.29 is 13.9 Å². The summed E-state index contributed by atoms with van der Waals surface area (Å²) in [7, 11) is 0. The second kappa shape index (κ2) is 8.67. The van der Waals surface area contributed by atoms with Crippen LogP contribution in [0.5, 0.6) is 11.6 Å². The molecular weight excluding hydrogens is 407 g/mol. The van der Waals surface area contributed by atoms with Gasteiger partial charge in [-0.2, -0.15) is 0 Å². The molecule has 154 valence electrons. The van der Waals surface area contributed by atoms with Crippen LogP contribution in [0.25, 0.3) is 0 Å². The van der Waals surface area contributed by atoms with Crippen molar-refractivity contribution in [1.82, 2.24) is 14.9 Å². The lowest BCUT2D eigenvalue weighted by molar-refractivity contribution is 0.0674. The molecule has 1 atom stereocenters. The number of anilines is 1. The van der Waals surface area contributed by atoms with Crippen LogP contribution in [0.1, 0.15) is 17.3 Å². The minimum atomic E-state index is -0.380. The van der Waals surface area contributed by atoms with Gasteiger partial charge in [0, 0.05) is 37.8 Å². The first kappa shape index (κ1) is 20.1. The van der Waals surface area contributed by atoms with Gasteiger partial charge in [0.1, 0.15) is 23.7 Å². The highest BCUT2D eigenvalue weighted by Crippen LogP contribution is 2.25. The highest BCUT2D eigenvalue weighted by atomic mass is 35.5. The van der Waals surface area contributed by atoms with Crippen LogP contribution in [0.4, 0.5) is 10.2 Å². The van der Waals surface area contributed by atoms with Crippen LogP contribution in [0, 0.1) is 5.82 Å². The van der Waals surface area contributed by atoms with Crippen molar-refractivity contribution in [2.75, 3.05) is 24.5 Å². The number of piperazine rings is 1. The zero-order valence-electron chi connectivity index (χ0n) is 16.3. The Bertz CT molecular complexity index is 1060. The van der Waals surface area contributed by atoms with Gasteiger partial charge in [0.05, 0.1) is 10.6 Å². The summed E-state index contributed by atoms with van der Waals surface area (Å²) in [6, 6.07) is 14.6. The molecule has 3 aromatic rings. The highest BCUT2D eigenvalue weighted by molar-refractivity contribution is 6.33. The van der Waals surface area contributed by atoms with Gasteiger partial charge in [-0.3, -0.25) is 4.79 Å². The molecule has 1 saturated heterocycles. The molecule has 1 aliphatic rings. The fraction of sp³-hybridized carbons (Fsp3) is 0.227. The first-order valence-corrected chi connectivity index (χ1v) is 9.95. The molecule has 4 rings (SSSR count). The summed E-state index contributed by atoms with van der Waals surface area (Å²) in [5.41, 5.74) is 0.507. The molecule has 1 aliphatic heterocycles. The van der Waals surface area contributed by atoms with Gasteiger partial charge in [-0.05, 0) is 31.2 Å². The van der Waals surface area contributed by atoms with Gasteiger partial charge in [0.15, 0.2) is 0 Å². The van der Waals surface area contributed by atoms with Gasteiger partial charge in [0.25, 0.3) is 5.91 Å². The highest BCUT2D eigenvalue weighted by Gasteiger charge is 2.29. The standard InChI is InChI=1S/C22H20ClFN4O2/c1-15-13-27(9-10-28(15)22(29)18-7-2-3-8-19(18)23)20-12-21(26-14-25-20)30-17-6-4-5-16(24)11-17/h2-8,11-12,14-15H,9-10,13H2,1H3/t15-/m1/s1. The Kier molecular flexibility index (Phi) is 5.81. The minimum absolute atomic E-state index is 0.0370. The van der Waals surface area contributed by atoms with Crippen LogP contribution in [-0.2, 0) is 0 Å². The molecule has 2 heterocycles. The van der Waals surface area contributed by atoms with Crippen molar-refractivity contribution in [1.29, 1.82) is 0 Å². The molecule has 1 aromatic heterocycles. The number of carbonyl (C=O) groups is 1. The van der Waals surface area contributed by atoms with Crippen molar-refractivity contribution in [3.05, 3.63) is 77.3 Å². The van der Waals surface area contributed by atoms with E-state index in [4.69, 9.17) is 16.3 Å². The van der Waals surface area contributed by atoms with Crippen LogP contribution in [0.2, 0.25) is 5.02 Å². The Morgan fingerprint density at radius 2 is 1.97 bits per heavy atom. The Morgan fingerprint density at radius 3 is 2.73 bits per heavy atom. The third-order valence-electron chi connectivity index (χ3n) is 4.96. The summed E-state index contributed by atoms with van der Waals surface area (Å²) >= 11 is 6.19. The molecule has 1 amide bonds. The van der Waals surface area contributed by atoms with Crippen LogP contribution < -0.4 is 9.64 Å².